The molecule has 0 aliphatic heterocycles. The molecule has 0 aromatic heterocycles. The molecule has 0 heterocycles. The smallest absolute Gasteiger partial charge is 0.323 e. The average Bonchev–Trinajstić information content (AvgIpc) is 2.46. The molecule has 112 valence electrons. The van der Waals surface area contributed by atoms with Crippen molar-refractivity contribution in [2.45, 2.75) is 45.7 Å². The largest absolute Gasteiger partial charge is 0.496 e. The van der Waals surface area contributed by atoms with Crippen molar-refractivity contribution >= 4 is 5.97 Å². The lowest BCUT2D eigenvalue weighted by Crippen LogP contribution is -2.39. The molecule has 0 aliphatic carbocycles. The number of nitrogens with one attached hydrogen (secondary N) is 1. The van der Waals surface area contributed by atoms with Crippen molar-refractivity contribution < 1.29 is 14.3 Å². The molecule has 0 bridgehead atoms. The second-order valence-corrected chi connectivity index (χ2v) is 4.72. The molecular formula is C16H25NO3. The predicted octanol–water partition coefficient (Wildman–Crippen LogP) is 3.08. The van der Waals surface area contributed by atoms with Gasteiger partial charge in [-0.2, -0.15) is 0 Å². The Morgan fingerprint density at radius 3 is 2.60 bits per heavy atom. The number of benzene rings is 1. The van der Waals surface area contributed by atoms with E-state index < -0.39 is 0 Å². The van der Waals surface area contributed by atoms with Gasteiger partial charge >= 0.3 is 5.97 Å². The summed E-state index contributed by atoms with van der Waals surface area (Å²) in [6.45, 7) is 6.32. The molecule has 0 fully saturated rings. The lowest BCUT2D eigenvalue weighted by atomic mass is 10.0. The molecule has 1 unspecified atom stereocenters. The van der Waals surface area contributed by atoms with Gasteiger partial charge in [0.1, 0.15) is 11.8 Å². The Morgan fingerprint density at radius 2 is 2.00 bits per heavy atom. The third kappa shape index (κ3) is 4.53. The number of rotatable bonds is 8. The van der Waals surface area contributed by atoms with Crippen molar-refractivity contribution in [3.63, 3.8) is 0 Å². The number of hydrogen-bond acceptors (Lipinski definition) is 4. The summed E-state index contributed by atoms with van der Waals surface area (Å²) in [4.78, 5) is 11.9. The molecular weight excluding hydrogens is 254 g/mol. The van der Waals surface area contributed by atoms with Crippen molar-refractivity contribution in [3.8, 4) is 5.75 Å². The highest BCUT2D eigenvalue weighted by Gasteiger charge is 2.22. The highest BCUT2D eigenvalue weighted by molar-refractivity contribution is 5.75. The van der Waals surface area contributed by atoms with Gasteiger partial charge in [0.2, 0.25) is 0 Å². The van der Waals surface area contributed by atoms with Crippen LogP contribution >= 0.6 is 0 Å². The normalized spacial score (nSPS) is 13.6. The molecule has 0 spiro atoms. The monoisotopic (exact) mass is 279 g/mol. The van der Waals surface area contributed by atoms with Crippen LogP contribution in [0.5, 0.6) is 5.75 Å². The van der Waals surface area contributed by atoms with E-state index in [9.17, 15) is 4.79 Å². The lowest BCUT2D eigenvalue weighted by Gasteiger charge is -2.23. The predicted molar refractivity (Wildman–Crippen MR) is 79.9 cm³/mol. The Hall–Kier alpha value is -1.55. The van der Waals surface area contributed by atoms with Gasteiger partial charge in [0.05, 0.1) is 13.7 Å². The topological polar surface area (TPSA) is 47.6 Å². The molecule has 2 atom stereocenters. The number of carbonyl (C=O) groups is 1. The third-order valence-corrected chi connectivity index (χ3v) is 3.21. The van der Waals surface area contributed by atoms with Gasteiger partial charge in [0.25, 0.3) is 0 Å². The van der Waals surface area contributed by atoms with E-state index in [0.717, 1.165) is 24.2 Å². The van der Waals surface area contributed by atoms with Crippen LogP contribution in [0.2, 0.25) is 0 Å². The molecule has 1 rings (SSSR count). The van der Waals surface area contributed by atoms with E-state index in [1.54, 1.807) is 7.11 Å². The average molecular weight is 279 g/mol. The molecule has 0 amide bonds. The van der Waals surface area contributed by atoms with Gasteiger partial charge in [-0.1, -0.05) is 31.5 Å². The van der Waals surface area contributed by atoms with Gasteiger partial charge in [-0.25, -0.2) is 0 Å². The summed E-state index contributed by atoms with van der Waals surface area (Å²) < 4.78 is 10.5. The summed E-state index contributed by atoms with van der Waals surface area (Å²) in [6, 6.07) is 7.57. The fourth-order valence-electron chi connectivity index (χ4n) is 2.22. The zero-order chi connectivity index (χ0) is 15.0. The van der Waals surface area contributed by atoms with Crippen molar-refractivity contribution in [1.29, 1.82) is 0 Å². The zero-order valence-electron chi connectivity index (χ0n) is 12.8. The van der Waals surface area contributed by atoms with E-state index in [1.165, 1.54) is 0 Å². The molecule has 0 aliphatic rings. The maximum Gasteiger partial charge on any atom is 0.323 e. The second kappa shape index (κ2) is 8.59. The molecule has 4 heteroatoms. The fourth-order valence-corrected chi connectivity index (χ4v) is 2.22. The van der Waals surface area contributed by atoms with E-state index in [1.807, 2.05) is 38.1 Å². The van der Waals surface area contributed by atoms with Crippen LogP contribution in [0, 0.1) is 0 Å². The van der Waals surface area contributed by atoms with Crippen molar-refractivity contribution in [2.24, 2.45) is 0 Å². The summed E-state index contributed by atoms with van der Waals surface area (Å²) >= 11 is 0. The first-order valence-corrected chi connectivity index (χ1v) is 7.19. The molecule has 0 radical (unpaired) electrons. The summed E-state index contributed by atoms with van der Waals surface area (Å²) in [7, 11) is 1.65. The maximum atomic E-state index is 11.9. The molecule has 1 N–H and O–H groups in total. The lowest BCUT2D eigenvalue weighted by molar-refractivity contribution is -0.146. The Morgan fingerprint density at radius 1 is 1.30 bits per heavy atom. The maximum absolute atomic E-state index is 11.9. The highest BCUT2D eigenvalue weighted by atomic mass is 16.5. The van der Waals surface area contributed by atoms with Gasteiger partial charge in [-0.15, -0.1) is 0 Å². The van der Waals surface area contributed by atoms with Crippen molar-refractivity contribution in [2.75, 3.05) is 13.7 Å². The van der Waals surface area contributed by atoms with E-state index in [0.29, 0.717) is 6.61 Å². The van der Waals surface area contributed by atoms with E-state index in [-0.39, 0.29) is 18.1 Å². The molecule has 0 saturated carbocycles. The van der Waals surface area contributed by atoms with Crippen LogP contribution in [0.1, 0.15) is 45.2 Å². The number of methoxy groups -OCH3 is 1. The number of esters is 1. The summed E-state index contributed by atoms with van der Waals surface area (Å²) in [5, 5.41) is 3.34. The van der Waals surface area contributed by atoms with Crippen LogP contribution in [-0.2, 0) is 9.53 Å². The number of para-hydroxylation sites is 1. The van der Waals surface area contributed by atoms with E-state index in [4.69, 9.17) is 9.47 Å². The first kappa shape index (κ1) is 16.5. The van der Waals surface area contributed by atoms with Crippen molar-refractivity contribution in [3.05, 3.63) is 29.8 Å². The Kier molecular flexibility index (Phi) is 7.09. The Bertz CT molecular complexity index is 420. The molecule has 20 heavy (non-hydrogen) atoms. The first-order chi connectivity index (χ1) is 9.63. The third-order valence-electron chi connectivity index (χ3n) is 3.21. The van der Waals surface area contributed by atoms with Crippen LogP contribution in [-0.4, -0.2) is 25.7 Å². The second-order valence-electron chi connectivity index (χ2n) is 4.72. The van der Waals surface area contributed by atoms with Gasteiger partial charge in [-0.3, -0.25) is 10.1 Å². The summed E-state index contributed by atoms with van der Waals surface area (Å²) in [5.41, 5.74) is 1.04. The fraction of sp³-hybridized carbons (Fsp3) is 0.562. The SMILES string of the molecule is CCCC(N[C@H](C)c1ccccc1OC)C(=O)OCC. The standard InChI is InChI=1S/C16H25NO3/c1-5-9-14(16(18)20-6-2)17-12(3)13-10-7-8-11-15(13)19-4/h7-8,10-12,14,17H,5-6,9H2,1-4H3/t12-,14?/m1/s1. The number of hydrogen-bond donors (Lipinski definition) is 1. The van der Waals surface area contributed by atoms with Gasteiger partial charge in [0.15, 0.2) is 0 Å². The van der Waals surface area contributed by atoms with Crippen LogP contribution in [0.15, 0.2) is 24.3 Å². The Labute approximate surface area is 121 Å². The summed E-state index contributed by atoms with van der Waals surface area (Å²) in [5.74, 6) is 0.641. The first-order valence-electron chi connectivity index (χ1n) is 7.19. The minimum absolute atomic E-state index is 0.0205. The minimum Gasteiger partial charge on any atom is -0.496 e. The Balaban J connectivity index is 2.79. The van der Waals surface area contributed by atoms with Gasteiger partial charge < -0.3 is 9.47 Å². The van der Waals surface area contributed by atoms with Gasteiger partial charge in [0, 0.05) is 11.6 Å². The van der Waals surface area contributed by atoms with Crippen LogP contribution in [0.25, 0.3) is 0 Å². The number of ether oxygens (including phenoxy) is 2. The molecule has 4 nitrogen and oxygen atoms in total. The number of carbonyl (C=O) groups excluding carboxylic acids is 1. The van der Waals surface area contributed by atoms with Gasteiger partial charge in [-0.05, 0) is 26.3 Å². The highest BCUT2D eigenvalue weighted by Crippen LogP contribution is 2.25. The zero-order valence-corrected chi connectivity index (χ0v) is 12.8. The van der Waals surface area contributed by atoms with Crippen LogP contribution in [0.3, 0.4) is 0 Å². The molecule has 0 saturated heterocycles. The van der Waals surface area contributed by atoms with E-state index >= 15 is 0 Å². The van der Waals surface area contributed by atoms with Crippen LogP contribution < -0.4 is 10.1 Å². The molecule has 1 aromatic carbocycles. The minimum atomic E-state index is -0.278. The van der Waals surface area contributed by atoms with Crippen LogP contribution in [0.4, 0.5) is 0 Å². The van der Waals surface area contributed by atoms with E-state index in [2.05, 4.69) is 12.2 Å². The van der Waals surface area contributed by atoms with Crippen molar-refractivity contribution in [1.82, 2.24) is 5.32 Å². The summed E-state index contributed by atoms with van der Waals surface area (Å²) in [6.07, 6.45) is 1.69. The molecule has 1 aromatic rings. The quantitative estimate of drug-likeness (QED) is 0.743.